The number of thioether (sulfide) groups is 1. The summed E-state index contributed by atoms with van der Waals surface area (Å²) < 4.78 is 6.92. The number of ether oxygens (including phenoxy) is 1. The third-order valence-corrected chi connectivity index (χ3v) is 7.12. The highest BCUT2D eigenvalue weighted by Crippen LogP contribution is 2.40. The number of methoxy groups -OCH3 is 1. The van der Waals surface area contributed by atoms with Gasteiger partial charge in [-0.3, -0.25) is 9.69 Å². The fourth-order valence-electron chi connectivity index (χ4n) is 3.00. The summed E-state index contributed by atoms with van der Waals surface area (Å²) >= 11 is 20.4. The van der Waals surface area contributed by atoms with E-state index < -0.39 is 0 Å². The van der Waals surface area contributed by atoms with Crippen LogP contribution in [0.2, 0.25) is 10.0 Å². The molecule has 0 spiro atoms. The minimum atomic E-state index is -0.173. The summed E-state index contributed by atoms with van der Waals surface area (Å²) in [6.07, 6.45) is 1.83. The molecule has 1 fully saturated rings. The maximum Gasteiger partial charge on any atom is 0.271 e. The Labute approximate surface area is 216 Å². The van der Waals surface area contributed by atoms with Crippen LogP contribution < -0.4 is 9.64 Å². The molecule has 1 heterocycles. The molecule has 0 bridgehead atoms. The van der Waals surface area contributed by atoms with Gasteiger partial charge in [-0.2, -0.15) is 0 Å². The molecule has 32 heavy (non-hydrogen) atoms. The van der Waals surface area contributed by atoms with Crippen molar-refractivity contribution in [2.75, 3.05) is 12.0 Å². The molecule has 0 aliphatic carbocycles. The number of amides is 1. The van der Waals surface area contributed by atoms with Gasteiger partial charge in [-0.25, -0.2) is 4.99 Å². The first-order chi connectivity index (χ1) is 15.4. The summed E-state index contributed by atoms with van der Waals surface area (Å²) in [6.45, 7) is 0. The summed E-state index contributed by atoms with van der Waals surface area (Å²) in [5.41, 5.74) is 2.21. The molecular formula is C23H14Br2Cl2N2O2S. The molecule has 0 N–H and O–H groups in total. The Morgan fingerprint density at radius 3 is 2.09 bits per heavy atom. The summed E-state index contributed by atoms with van der Waals surface area (Å²) in [7, 11) is 1.60. The number of halogens is 4. The van der Waals surface area contributed by atoms with Gasteiger partial charge in [-0.05, 0) is 116 Å². The zero-order valence-electron chi connectivity index (χ0n) is 16.5. The molecule has 4 rings (SSSR count). The molecule has 162 valence electrons. The molecule has 1 aliphatic rings. The second-order valence-electron chi connectivity index (χ2n) is 6.62. The van der Waals surface area contributed by atoms with Crippen molar-refractivity contribution in [3.05, 3.63) is 90.1 Å². The minimum Gasteiger partial charge on any atom is -0.494 e. The van der Waals surface area contributed by atoms with Gasteiger partial charge in [0.2, 0.25) is 0 Å². The summed E-state index contributed by atoms with van der Waals surface area (Å²) in [4.78, 5) is 20.2. The second-order valence-corrected chi connectivity index (χ2v) is 10.2. The fraction of sp³-hybridized carbons (Fsp3) is 0.0435. The molecule has 0 aromatic heterocycles. The van der Waals surface area contributed by atoms with Crippen LogP contribution in [0.3, 0.4) is 0 Å². The lowest BCUT2D eigenvalue weighted by Crippen LogP contribution is -2.28. The third-order valence-electron chi connectivity index (χ3n) is 4.47. The van der Waals surface area contributed by atoms with Gasteiger partial charge in [-0.15, -0.1) is 0 Å². The Bertz CT molecular complexity index is 1220. The van der Waals surface area contributed by atoms with Gasteiger partial charge in [0.1, 0.15) is 5.75 Å². The molecule has 1 saturated heterocycles. The number of anilines is 1. The average molecular weight is 613 g/mol. The van der Waals surface area contributed by atoms with E-state index in [0.717, 1.165) is 14.5 Å². The normalized spacial score (nSPS) is 16.3. The highest BCUT2D eigenvalue weighted by molar-refractivity contribution is 9.11. The number of rotatable bonds is 4. The maximum atomic E-state index is 13.4. The average Bonchev–Trinajstić information content (AvgIpc) is 3.05. The van der Waals surface area contributed by atoms with Gasteiger partial charge in [0.05, 0.1) is 32.3 Å². The summed E-state index contributed by atoms with van der Waals surface area (Å²) in [5.74, 6) is 0.512. The van der Waals surface area contributed by atoms with E-state index in [2.05, 4.69) is 31.9 Å². The van der Waals surface area contributed by atoms with E-state index in [9.17, 15) is 4.79 Å². The van der Waals surface area contributed by atoms with Crippen LogP contribution in [-0.2, 0) is 4.79 Å². The van der Waals surface area contributed by atoms with Gasteiger partial charge >= 0.3 is 0 Å². The number of benzene rings is 3. The lowest BCUT2D eigenvalue weighted by Gasteiger charge is -2.15. The molecule has 4 nitrogen and oxygen atoms in total. The molecule has 0 radical (unpaired) electrons. The van der Waals surface area contributed by atoms with E-state index in [1.165, 1.54) is 11.8 Å². The number of aliphatic imine (C=N–C) groups is 1. The molecule has 0 atom stereocenters. The molecule has 1 amide bonds. The van der Waals surface area contributed by atoms with Gasteiger partial charge in [0.25, 0.3) is 5.91 Å². The predicted molar refractivity (Wildman–Crippen MR) is 141 cm³/mol. The number of carbonyl (C=O) groups excluding carboxylic acids is 1. The van der Waals surface area contributed by atoms with E-state index in [1.54, 1.807) is 60.5 Å². The SMILES string of the molecule is COc1c(Br)cc(/C=C2\SC(=Nc3ccc(Cl)cc3)N(c3ccc(Cl)cc3)C2=O)cc1Br. The van der Waals surface area contributed by atoms with Crippen LogP contribution in [0.15, 0.2) is 79.5 Å². The quantitative estimate of drug-likeness (QED) is 0.278. The van der Waals surface area contributed by atoms with Crippen molar-refractivity contribution < 1.29 is 9.53 Å². The zero-order chi connectivity index (χ0) is 22.8. The number of hydrogen-bond acceptors (Lipinski definition) is 4. The van der Waals surface area contributed by atoms with Crippen molar-refractivity contribution in [1.29, 1.82) is 0 Å². The molecule has 9 heteroatoms. The van der Waals surface area contributed by atoms with Gasteiger partial charge in [0, 0.05) is 10.0 Å². The van der Waals surface area contributed by atoms with E-state index in [1.807, 2.05) is 18.2 Å². The van der Waals surface area contributed by atoms with Crippen LogP contribution in [0.4, 0.5) is 11.4 Å². The van der Waals surface area contributed by atoms with Crippen molar-refractivity contribution in [1.82, 2.24) is 0 Å². The Balaban J connectivity index is 1.77. The number of carbonyl (C=O) groups is 1. The Kier molecular flexibility index (Phi) is 7.32. The Hall–Kier alpha value is -1.77. The molecular weight excluding hydrogens is 599 g/mol. The smallest absolute Gasteiger partial charge is 0.271 e. The highest BCUT2D eigenvalue weighted by Gasteiger charge is 2.34. The topological polar surface area (TPSA) is 41.9 Å². The monoisotopic (exact) mass is 610 g/mol. The van der Waals surface area contributed by atoms with Crippen molar-refractivity contribution >= 4 is 95.3 Å². The van der Waals surface area contributed by atoms with Crippen molar-refractivity contribution in [2.45, 2.75) is 0 Å². The molecule has 3 aromatic carbocycles. The molecule has 1 aliphatic heterocycles. The fourth-order valence-corrected chi connectivity index (χ4v) is 5.80. The molecule has 3 aromatic rings. The first-order valence-corrected chi connectivity index (χ1v) is 12.4. The summed E-state index contributed by atoms with van der Waals surface area (Å²) in [5, 5.41) is 1.75. The first-order valence-electron chi connectivity index (χ1n) is 9.22. The van der Waals surface area contributed by atoms with Crippen molar-refractivity contribution in [2.24, 2.45) is 4.99 Å². The summed E-state index contributed by atoms with van der Waals surface area (Å²) in [6, 6.07) is 18.0. The van der Waals surface area contributed by atoms with Crippen molar-refractivity contribution in [3.63, 3.8) is 0 Å². The maximum absolute atomic E-state index is 13.4. The van der Waals surface area contributed by atoms with Crippen LogP contribution in [0.25, 0.3) is 6.08 Å². The Morgan fingerprint density at radius 1 is 0.969 bits per heavy atom. The second kappa shape index (κ2) is 10.0. The van der Waals surface area contributed by atoms with Gasteiger partial charge < -0.3 is 4.74 Å². The molecule has 0 saturated carbocycles. The van der Waals surface area contributed by atoms with E-state index >= 15 is 0 Å². The van der Waals surface area contributed by atoms with Crippen molar-refractivity contribution in [3.8, 4) is 5.75 Å². The molecule has 0 unspecified atom stereocenters. The van der Waals surface area contributed by atoms with Crippen LogP contribution >= 0.6 is 66.8 Å². The third kappa shape index (κ3) is 5.07. The van der Waals surface area contributed by atoms with E-state index in [4.69, 9.17) is 32.9 Å². The van der Waals surface area contributed by atoms with E-state index in [-0.39, 0.29) is 5.91 Å². The van der Waals surface area contributed by atoms with Gasteiger partial charge in [0.15, 0.2) is 5.17 Å². The lowest BCUT2D eigenvalue weighted by molar-refractivity contribution is -0.113. The Morgan fingerprint density at radius 2 is 1.53 bits per heavy atom. The standard InChI is InChI=1S/C23H14Br2Cl2N2O2S/c1-31-21-18(24)10-13(11-19(21)25)12-20-22(30)29(17-8-4-15(27)5-9-17)23(32-20)28-16-6-2-14(26)3-7-16/h2-12H,1H3/b20-12-,28-23?. The van der Waals surface area contributed by atoms with Crippen LogP contribution in [-0.4, -0.2) is 18.2 Å². The largest absolute Gasteiger partial charge is 0.494 e. The minimum absolute atomic E-state index is 0.173. The van der Waals surface area contributed by atoms with Gasteiger partial charge in [-0.1, -0.05) is 23.2 Å². The number of amidine groups is 1. The van der Waals surface area contributed by atoms with Crippen LogP contribution in [0.5, 0.6) is 5.75 Å². The zero-order valence-corrected chi connectivity index (χ0v) is 22.0. The van der Waals surface area contributed by atoms with Crippen LogP contribution in [0.1, 0.15) is 5.56 Å². The van der Waals surface area contributed by atoms with E-state index in [0.29, 0.717) is 37.2 Å². The number of hydrogen-bond donors (Lipinski definition) is 0. The highest BCUT2D eigenvalue weighted by atomic mass is 79.9. The lowest BCUT2D eigenvalue weighted by atomic mass is 10.2. The van der Waals surface area contributed by atoms with Crippen LogP contribution in [0, 0.1) is 0 Å². The predicted octanol–water partition coefficient (Wildman–Crippen LogP) is 8.34. The first kappa shape index (κ1) is 23.4. The number of nitrogens with zero attached hydrogens (tertiary/aromatic N) is 2.